The molecule has 22 heavy (non-hydrogen) atoms. The fraction of sp³-hybridized carbons (Fsp3) is 0.143. The van der Waals surface area contributed by atoms with Crippen molar-refractivity contribution in [2.24, 2.45) is 0 Å². The second-order valence-corrected chi connectivity index (χ2v) is 7.30. The standard InChI is InChI=1S/C14H13N3O3S2/c1-11-9-12(16-20-11)10-17(14-15-7-8-21-14)22(18,19)13-5-3-2-4-6-13/h2-9H,10H2,1H3. The molecule has 0 aliphatic rings. The van der Waals surface area contributed by atoms with Crippen molar-refractivity contribution >= 4 is 26.5 Å². The minimum absolute atomic E-state index is 0.0715. The predicted molar refractivity (Wildman–Crippen MR) is 83.2 cm³/mol. The Labute approximate surface area is 132 Å². The van der Waals surface area contributed by atoms with E-state index in [0.717, 1.165) is 0 Å². The van der Waals surface area contributed by atoms with Gasteiger partial charge in [0.2, 0.25) is 0 Å². The summed E-state index contributed by atoms with van der Waals surface area (Å²) >= 11 is 1.26. The summed E-state index contributed by atoms with van der Waals surface area (Å²) in [6, 6.07) is 9.98. The summed E-state index contributed by atoms with van der Waals surface area (Å²) in [7, 11) is -3.71. The molecule has 0 unspecified atom stereocenters. The summed E-state index contributed by atoms with van der Waals surface area (Å²) in [6.07, 6.45) is 1.57. The summed E-state index contributed by atoms with van der Waals surface area (Å²) in [5, 5.41) is 5.99. The predicted octanol–water partition coefficient (Wildman–Crippen LogP) is 2.84. The first kappa shape index (κ1) is 14.7. The smallest absolute Gasteiger partial charge is 0.266 e. The van der Waals surface area contributed by atoms with Crippen molar-refractivity contribution in [2.75, 3.05) is 4.31 Å². The Kier molecular flexibility index (Phi) is 3.95. The molecule has 3 rings (SSSR count). The van der Waals surface area contributed by atoms with Crippen LogP contribution in [-0.4, -0.2) is 18.6 Å². The van der Waals surface area contributed by atoms with Gasteiger partial charge >= 0.3 is 0 Å². The lowest BCUT2D eigenvalue weighted by molar-refractivity contribution is 0.391. The maximum Gasteiger partial charge on any atom is 0.266 e. The summed E-state index contributed by atoms with van der Waals surface area (Å²) < 4.78 is 32.0. The van der Waals surface area contributed by atoms with Crippen molar-refractivity contribution in [3.05, 3.63) is 59.4 Å². The molecule has 1 aromatic carbocycles. The largest absolute Gasteiger partial charge is 0.361 e. The van der Waals surface area contributed by atoms with Crippen LogP contribution >= 0.6 is 11.3 Å². The van der Waals surface area contributed by atoms with Crippen molar-refractivity contribution < 1.29 is 12.9 Å². The second kappa shape index (κ2) is 5.90. The molecule has 6 nitrogen and oxygen atoms in total. The minimum atomic E-state index is -3.71. The maximum absolute atomic E-state index is 12.9. The van der Waals surface area contributed by atoms with Crippen LogP contribution in [0.1, 0.15) is 11.5 Å². The number of aromatic nitrogens is 2. The summed E-state index contributed by atoms with van der Waals surface area (Å²) in [4.78, 5) is 4.33. The van der Waals surface area contributed by atoms with E-state index in [-0.39, 0.29) is 11.4 Å². The van der Waals surface area contributed by atoms with Gasteiger partial charge in [0.05, 0.1) is 11.4 Å². The third-order valence-electron chi connectivity index (χ3n) is 2.95. The van der Waals surface area contributed by atoms with E-state index in [0.29, 0.717) is 16.6 Å². The lowest BCUT2D eigenvalue weighted by Crippen LogP contribution is -2.30. The molecule has 0 N–H and O–H groups in total. The number of nitrogens with zero attached hydrogens (tertiary/aromatic N) is 3. The number of anilines is 1. The van der Waals surface area contributed by atoms with Gasteiger partial charge in [-0.25, -0.2) is 17.7 Å². The highest BCUT2D eigenvalue weighted by Gasteiger charge is 2.27. The van der Waals surface area contributed by atoms with Gasteiger partial charge in [0.1, 0.15) is 11.5 Å². The Balaban J connectivity index is 2.02. The van der Waals surface area contributed by atoms with Gasteiger partial charge in [-0.05, 0) is 19.1 Å². The highest BCUT2D eigenvalue weighted by molar-refractivity contribution is 7.93. The fourth-order valence-corrected chi connectivity index (χ4v) is 4.24. The van der Waals surface area contributed by atoms with Crippen molar-refractivity contribution in [2.45, 2.75) is 18.4 Å². The van der Waals surface area contributed by atoms with Crippen LogP contribution in [0.3, 0.4) is 0 Å². The molecular formula is C14H13N3O3S2. The zero-order chi connectivity index (χ0) is 15.6. The SMILES string of the molecule is Cc1cc(CN(c2nccs2)S(=O)(=O)c2ccccc2)no1. The van der Waals surface area contributed by atoms with Gasteiger partial charge < -0.3 is 4.52 Å². The van der Waals surface area contributed by atoms with Crippen LogP contribution in [0.15, 0.2) is 57.4 Å². The van der Waals surface area contributed by atoms with Gasteiger partial charge in [0, 0.05) is 17.6 Å². The molecule has 0 saturated heterocycles. The lowest BCUT2D eigenvalue weighted by atomic mass is 10.4. The number of thiazole rings is 1. The molecule has 0 radical (unpaired) electrons. The minimum Gasteiger partial charge on any atom is -0.361 e. The Bertz CT molecular complexity index is 843. The Morgan fingerprint density at radius 2 is 2.05 bits per heavy atom. The van der Waals surface area contributed by atoms with Crippen LogP contribution in [0.2, 0.25) is 0 Å². The van der Waals surface area contributed by atoms with Crippen LogP contribution in [0, 0.1) is 6.92 Å². The van der Waals surface area contributed by atoms with Crippen LogP contribution in [0.4, 0.5) is 5.13 Å². The fourth-order valence-electron chi connectivity index (χ4n) is 1.95. The monoisotopic (exact) mass is 335 g/mol. The number of sulfonamides is 1. The van der Waals surface area contributed by atoms with Crippen molar-refractivity contribution in [1.29, 1.82) is 0 Å². The van der Waals surface area contributed by atoms with Crippen molar-refractivity contribution in [3.63, 3.8) is 0 Å². The van der Waals surface area contributed by atoms with Crippen LogP contribution in [-0.2, 0) is 16.6 Å². The number of hydrogen-bond acceptors (Lipinski definition) is 6. The lowest BCUT2D eigenvalue weighted by Gasteiger charge is -2.20. The third kappa shape index (κ3) is 2.88. The van der Waals surface area contributed by atoms with E-state index in [9.17, 15) is 8.42 Å². The molecule has 0 spiro atoms. The number of rotatable bonds is 5. The van der Waals surface area contributed by atoms with Crippen LogP contribution < -0.4 is 4.31 Å². The van der Waals surface area contributed by atoms with E-state index in [1.165, 1.54) is 15.6 Å². The first-order valence-electron chi connectivity index (χ1n) is 6.47. The van der Waals surface area contributed by atoms with Gasteiger partial charge in [-0.15, -0.1) is 11.3 Å². The van der Waals surface area contributed by atoms with Gasteiger partial charge in [-0.3, -0.25) is 0 Å². The molecule has 3 aromatic rings. The molecule has 0 atom stereocenters. The molecule has 0 bridgehead atoms. The molecule has 0 amide bonds. The van der Waals surface area contributed by atoms with Crippen LogP contribution in [0.5, 0.6) is 0 Å². The first-order valence-corrected chi connectivity index (χ1v) is 8.79. The molecule has 2 aromatic heterocycles. The topological polar surface area (TPSA) is 76.3 Å². The zero-order valence-electron chi connectivity index (χ0n) is 11.7. The zero-order valence-corrected chi connectivity index (χ0v) is 13.3. The quantitative estimate of drug-likeness (QED) is 0.716. The van der Waals surface area contributed by atoms with E-state index in [2.05, 4.69) is 10.1 Å². The molecule has 0 aliphatic heterocycles. The van der Waals surface area contributed by atoms with E-state index in [1.807, 2.05) is 0 Å². The van der Waals surface area contributed by atoms with Gasteiger partial charge in [-0.2, -0.15) is 0 Å². The average Bonchev–Trinajstić information content (AvgIpc) is 3.17. The van der Waals surface area contributed by atoms with E-state index >= 15 is 0 Å². The highest BCUT2D eigenvalue weighted by atomic mass is 32.2. The summed E-state index contributed by atoms with van der Waals surface area (Å²) in [5.41, 5.74) is 0.534. The second-order valence-electron chi connectivity index (χ2n) is 4.57. The Morgan fingerprint density at radius 3 is 2.64 bits per heavy atom. The normalized spacial score (nSPS) is 11.5. The Morgan fingerprint density at radius 1 is 1.27 bits per heavy atom. The third-order valence-corrected chi connectivity index (χ3v) is 5.61. The van der Waals surface area contributed by atoms with Gasteiger partial charge in [0.25, 0.3) is 10.0 Å². The van der Waals surface area contributed by atoms with Crippen molar-refractivity contribution in [1.82, 2.24) is 10.1 Å². The molecule has 0 fully saturated rings. The first-order chi connectivity index (χ1) is 10.6. The Hall–Kier alpha value is -2.19. The number of benzene rings is 1. The summed E-state index contributed by atoms with van der Waals surface area (Å²) in [5.74, 6) is 0.631. The number of hydrogen-bond donors (Lipinski definition) is 0. The van der Waals surface area contributed by atoms with Crippen LogP contribution in [0.25, 0.3) is 0 Å². The van der Waals surface area contributed by atoms with Crippen molar-refractivity contribution in [3.8, 4) is 0 Å². The molecule has 114 valence electrons. The molecule has 0 aliphatic carbocycles. The summed E-state index contributed by atoms with van der Waals surface area (Å²) in [6.45, 7) is 1.83. The van der Waals surface area contributed by atoms with E-state index in [1.54, 1.807) is 54.9 Å². The maximum atomic E-state index is 12.9. The molecule has 8 heteroatoms. The average molecular weight is 335 g/mol. The highest BCUT2D eigenvalue weighted by Crippen LogP contribution is 2.27. The number of aryl methyl sites for hydroxylation is 1. The molecule has 2 heterocycles. The van der Waals surface area contributed by atoms with E-state index in [4.69, 9.17) is 4.52 Å². The van der Waals surface area contributed by atoms with Gasteiger partial charge in [-0.1, -0.05) is 23.4 Å². The van der Waals surface area contributed by atoms with E-state index < -0.39 is 10.0 Å². The molecule has 0 saturated carbocycles. The van der Waals surface area contributed by atoms with Gasteiger partial charge in [0.15, 0.2) is 5.13 Å². The molecular weight excluding hydrogens is 322 g/mol.